The molecular weight excluding hydrogens is 268 g/mol. The number of unbranched alkanes of at least 4 members (excludes halogenated alkanes) is 4. The maximum Gasteiger partial charge on any atom is 0.190 e. The van der Waals surface area contributed by atoms with Crippen LogP contribution in [0.25, 0.3) is 0 Å². The maximum atomic E-state index is 11.1. The summed E-state index contributed by atoms with van der Waals surface area (Å²) in [5, 5.41) is 11.1. The Labute approximate surface area is 138 Å². The zero-order valence-electron chi connectivity index (χ0n) is 14.9. The molecule has 0 bridgehead atoms. The zero-order chi connectivity index (χ0) is 16.3. The molecule has 0 saturated heterocycles. The summed E-state index contributed by atoms with van der Waals surface area (Å²) in [6.07, 6.45) is 12.6. The summed E-state index contributed by atoms with van der Waals surface area (Å²) in [5.74, 6) is 13.4. The molecule has 1 unspecified atom stereocenters. The van der Waals surface area contributed by atoms with E-state index in [-0.39, 0.29) is 5.92 Å². The van der Waals surface area contributed by atoms with Gasteiger partial charge in [0.2, 0.25) is 0 Å². The normalized spacial score (nSPS) is 17.1. The SMILES string of the molecule is CCCCC#CC(O)(C#CCCCC)C(C)C1CCCCC1. The van der Waals surface area contributed by atoms with Gasteiger partial charge < -0.3 is 5.11 Å². The second-order valence-electron chi connectivity index (χ2n) is 6.76. The average molecular weight is 303 g/mol. The first-order valence-electron chi connectivity index (χ1n) is 9.36. The van der Waals surface area contributed by atoms with E-state index >= 15 is 0 Å². The molecule has 1 saturated carbocycles. The maximum absolute atomic E-state index is 11.1. The van der Waals surface area contributed by atoms with Gasteiger partial charge in [-0.15, -0.1) is 0 Å². The Morgan fingerprint density at radius 2 is 1.45 bits per heavy atom. The van der Waals surface area contributed by atoms with Crippen molar-refractivity contribution in [1.29, 1.82) is 0 Å². The van der Waals surface area contributed by atoms with Crippen molar-refractivity contribution < 1.29 is 5.11 Å². The van der Waals surface area contributed by atoms with Crippen LogP contribution >= 0.6 is 0 Å². The van der Waals surface area contributed by atoms with Crippen molar-refractivity contribution in [2.24, 2.45) is 11.8 Å². The average Bonchev–Trinajstić information content (AvgIpc) is 2.56. The largest absolute Gasteiger partial charge is 0.367 e. The second-order valence-corrected chi connectivity index (χ2v) is 6.76. The van der Waals surface area contributed by atoms with Crippen LogP contribution in [0.3, 0.4) is 0 Å². The van der Waals surface area contributed by atoms with Gasteiger partial charge in [0, 0.05) is 18.8 Å². The first-order valence-corrected chi connectivity index (χ1v) is 9.36. The minimum atomic E-state index is -1.11. The van der Waals surface area contributed by atoms with Gasteiger partial charge in [0.25, 0.3) is 0 Å². The molecule has 0 aromatic heterocycles. The quantitative estimate of drug-likeness (QED) is 0.520. The van der Waals surface area contributed by atoms with E-state index in [1.165, 1.54) is 32.1 Å². The van der Waals surface area contributed by atoms with Gasteiger partial charge in [0.1, 0.15) is 0 Å². The van der Waals surface area contributed by atoms with E-state index in [0.717, 1.165) is 38.5 Å². The standard InChI is InChI=1S/C21H34O/c1-4-6-8-13-17-21(22,18-14-9-7-5-2)19(3)20-15-11-10-12-16-20/h19-20,22H,4-12,15-16H2,1-3H3. The van der Waals surface area contributed by atoms with E-state index in [1.54, 1.807) is 0 Å². The van der Waals surface area contributed by atoms with Gasteiger partial charge in [-0.3, -0.25) is 0 Å². The lowest BCUT2D eigenvalue weighted by molar-refractivity contribution is 0.0564. The lowest BCUT2D eigenvalue weighted by Gasteiger charge is -2.34. The van der Waals surface area contributed by atoms with Crippen molar-refractivity contribution in [1.82, 2.24) is 0 Å². The van der Waals surface area contributed by atoms with Gasteiger partial charge in [-0.05, 0) is 18.8 Å². The molecule has 0 aliphatic heterocycles. The molecule has 1 heteroatoms. The van der Waals surface area contributed by atoms with E-state index in [4.69, 9.17) is 0 Å². The van der Waals surface area contributed by atoms with Crippen molar-refractivity contribution in [2.75, 3.05) is 0 Å². The highest BCUT2D eigenvalue weighted by atomic mass is 16.3. The fourth-order valence-corrected chi connectivity index (χ4v) is 3.16. The molecule has 0 heterocycles. The highest BCUT2D eigenvalue weighted by Crippen LogP contribution is 2.35. The number of rotatable bonds is 6. The van der Waals surface area contributed by atoms with Gasteiger partial charge in [-0.2, -0.15) is 0 Å². The third-order valence-electron chi connectivity index (χ3n) is 4.88. The molecule has 0 aromatic carbocycles. The summed E-state index contributed by atoms with van der Waals surface area (Å²) in [6, 6.07) is 0. The van der Waals surface area contributed by atoms with Crippen LogP contribution in [0.5, 0.6) is 0 Å². The molecular formula is C21H34O. The Morgan fingerprint density at radius 3 is 1.91 bits per heavy atom. The van der Waals surface area contributed by atoms with E-state index in [9.17, 15) is 5.11 Å². The van der Waals surface area contributed by atoms with Crippen LogP contribution < -0.4 is 0 Å². The summed E-state index contributed by atoms with van der Waals surface area (Å²) >= 11 is 0. The molecule has 1 N–H and O–H groups in total. The molecule has 22 heavy (non-hydrogen) atoms. The Balaban J connectivity index is 2.81. The number of hydrogen-bond acceptors (Lipinski definition) is 1. The third kappa shape index (κ3) is 6.46. The molecule has 124 valence electrons. The van der Waals surface area contributed by atoms with Crippen LogP contribution in [0.4, 0.5) is 0 Å². The molecule has 1 aliphatic carbocycles. The molecule has 0 aromatic rings. The number of aliphatic hydroxyl groups is 1. The smallest absolute Gasteiger partial charge is 0.190 e. The van der Waals surface area contributed by atoms with E-state index in [2.05, 4.69) is 44.5 Å². The van der Waals surface area contributed by atoms with Crippen LogP contribution in [0.1, 0.15) is 91.4 Å². The molecule has 1 nitrogen and oxygen atoms in total. The van der Waals surface area contributed by atoms with Gasteiger partial charge in [0.05, 0.1) is 0 Å². The van der Waals surface area contributed by atoms with E-state index in [0.29, 0.717) is 5.92 Å². The fraction of sp³-hybridized carbons (Fsp3) is 0.810. The Bertz CT molecular complexity index is 383. The van der Waals surface area contributed by atoms with Crippen molar-refractivity contribution in [3.63, 3.8) is 0 Å². The van der Waals surface area contributed by atoms with Gasteiger partial charge in [-0.25, -0.2) is 0 Å². The van der Waals surface area contributed by atoms with Crippen LogP contribution in [-0.2, 0) is 0 Å². The summed E-state index contributed by atoms with van der Waals surface area (Å²) in [4.78, 5) is 0. The second kappa shape index (κ2) is 10.7. The van der Waals surface area contributed by atoms with Gasteiger partial charge in [0.15, 0.2) is 5.60 Å². The Kier molecular flexibility index (Phi) is 9.34. The summed E-state index contributed by atoms with van der Waals surface area (Å²) in [7, 11) is 0. The number of hydrogen-bond donors (Lipinski definition) is 1. The van der Waals surface area contributed by atoms with Crippen LogP contribution in [0, 0.1) is 35.5 Å². The van der Waals surface area contributed by atoms with Crippen molar-refractivity contribution in [3.8, 4) is 23.7 Å². The van der Waals surface area contributed by atoms with Crippen molar-refractivity contribution in [3.05, 3.63) is 0 Å². The zero-order valence-corrected chi connectivity index (χ0v) is 14.9. The van der Waals surface area contributed by atoms with Gasteiger partial charge >= 0.3 is 0 Å². The Hall–Kier alpha value is -0.920. The van der Waals surface area contributed by atoms with E-state index < -0.39 is 5.60 Å². The first-order chi connectivity index (χ1) is 10.6. The predicted molar refractivity (Wildman–Crippen MR) is 95.3 cm³/mol. The molecule has 1 fully saturated rings. The molecule has 1 atom stereocenters. The van der Waals surface area contributed by atoms with Gasteiger partial charge in [-0.1, -0.05) is 89.4 Å². The van der Waals surface area contributed by atoms with Crippen LogP contribution in [0.2, 0.25) is 0 Å². The topological polar surface area (TPSA) is 20.2 Å². The van der Waals surface area contributed by atoms with Crippen molar-refractivity contribution >= 4 is 0 Å². The fourth-order valence-electron chi connectivity index (χ4n) is 3.16. The van der Waals surface area contributed by atoms with E-state index in [1.807, 2.05) is 0 Å². The molecule has 1 aliphatic rings. The summed E-state index contributed by atoms with van der Waals surface area (Å²) in [5.41, 5.74) is -1.11. The van der Waals surface area contributed by atoms with Crippen molar-refractivity contribution in [2.45, 2.75) is 97.0 Å². The first kappa shape index (κ1) is 19.1. The lowest BCUT2D eigenvalue weighted by Crippen LogP contribution is -2.38. The monoisotopic (exact) mass is 302 g/mol. The lowest BCUT2D eigenvalue weighted by atomic mass is 9.73. The molecule has 0 spiro atoms. The van der Waals surface area contributed by atoms with Crippen LogP contribution in [0.15, 0.2) is 0 Å². The minimum absolute atomic E-state index is 0.149. The molecule has 0 radical (unpaired) electrons. The summed E-state index contributed by atoms with van der Waals surface area (Å²) < 4.78 is 0. The predicted octanol–water partition coefficient (Wildman–Crippen LogP) is 5.32. The minimum Gasteiger partial charge on any atom is -0.367 e. The third-order valence-corrected chi connectivity index (χ3v) is 4.88. The Morgan fingerprint density at radius 1 is 0.955 bits per heavy atom. The molecule has 0 amide bonds. The highest BCUT2D eigenvalue weighted by molar-refractivity contribution is 5.31. The highest BCUT2D eigenvalue weighted by Gasteiger charge is 2.36. The van der Waals surface area contributed by atoms with Crippen LogP contribution in [-0.4, -0.2) is 10.7 Å². The molecule has 1 rings (SSSR count). The summed E-state index contributed by atoms with van der Waals surface area (Å²) in [6.45, 7) is 6.49.